The first kappa shape index (κ1) is 13.3. The first-order valence-electron chi connectivity index (χ1n) is 6.36. The normalized spacial score (nSPS) is 23.6. The van der Waals surface area contributed by atoms with Crippen LogP contribution in [0.2, 0.25) is 0 Å². The zero-order chi connectivity index (χ0) is 13.3. The lowest BCUT2D eigenvalue weighted by Crippen LogP contribution is -2.49. The van der Waals surface area contributed by atoms with Crippen LogP contribution in [0.4, 0.5) is 5.69 Å². The van der Waals surface area contributed by atoms with E-state index in [1.807, 2.05) is 5.01 Å². The van der Waals surface area contributed by atoms with Crippen LogP contribution >= 0.6 is 12.2 Å². The number of aryl methyl sites for hydroxylation is 1. The molecule has 0 spiro atoms. The third-order valence-corrected chi connectivity index (χ3v) is 3.34. The molecule has 0 aliphatic carbocycles. The van der Waals surface area contributed by atoms with Gasteiger partial charge in [-0.15, -0.1) is 0 Å². The molecule has 3 nitrogen and oxygen atoms in total. The number of benzene rings is 1. The van der Waals surface area contributed by atoms with Crippen molar-refractivity contribution in [2.24, 2.45) is 5.92 Å². The van der Waals surface area contributed by atoms with E-state index in [9.17, 15) is 0 Å². The summed E-state index contributed by atoms with van der Waals surface area (Å²) in [4.78, 5) is 0. The number of rotatable bonds is 3. The van der Waals surface area contributed by atoms with Crippen LogP contribution in [0.1, 0.15) is 32.8 Å². The summed E-state index contributed by atoms with van der Waals surface area (Å²) >= 11 is 5.41. The van der Waals surface area contributed by atoms with Crippen LogP contribution < -0.4 is 15.8 Å². The van der Waals surface area contributed by atoms with E-state index in [2.05, 4.69) is 62.7 Å². The van der Waals surface area contributed by atoms with Gasteiger partial charge in [0.25, 0.3) is 0 Å². The third-order valence-electron chi connectivity index (χ3n) is 3.05. The van der Waals surface area contributed by atoms with Crippen molar-refractivity contribution in [1.82, 2.24) is 10.7 Å². The zero-order valence-corrected chi connectivity index (χ0v) is 12.3. The number of nitrogens with one attached hydrogen (secondary N) is 2. The van der Waals surface area contributed by atoms with Gasteiger partial charge in [0, 0.05) is 0 Å². The molecule has 1 aromatic rings. The molecule has 1 heterocycles. The van der Waals surface area contributed by atoms with E-state index in [0.717, 1.165) is 17.2 Å². The molecule has 0 aromatic heterocycles. The molecule has 4 heteroatoms. The maximum atomic E-state index is 5.41. The molecule has 0 bridgehead atoms. The van der Waals surface area contributed by atoms with Crippen molar-refractivity contribution in [3.05, 3.63) is 29.8 Å². The number of anilines is 1. The van der Waals surface area contributed by atoms with Crippen LogP contribution in [-0.2, 0) is 0 Å². The second-order valence-corrected chi connectivity index (χ2v) is 6.03. The molecule has 1 fully saturated rings. The Labute approximate surface area is 115 Å². The van der Waals surface area contributed by atoms with Gasteiger partial charge in [-0.1, -0.05) is 31.5 Å². The molecule has 0 saturated carbocycles. The molecule has 1 saturated heterocycles. The Hall–Kier alpha value is -1.13. The molecule has 2 rings (SSSR count). The van der Waals surface area contributed by atoms with E-state index in [4.69, 9.17) is 12.2 Å². The Balaban J connectivity index is 2.16. The molecule has 18 heavy (non-hydrogen) atoms. The SMILES string of the molecule is Cc1ccc(N2NC(C)(CC(C)C)NC2=S)cc1. The quantitative estimate of drug-likeness (QED) is 0.820. The van der Waals surface area contributed by atoms with E-state index < -0.39 is 0 Å². The molecule has 1 atom stereocenters. The van der Waals surface area contributed by atoms with Crippen molar-refractivity contribution in [2.75, 3.05) is 5.01 Å². The van der Waals surface area contributed by atoms with Gasteiger partial charge in [-0.25, -0.2) is 5.43 Å². The minimum absolute atomic E-state index is 0.157. The van der Waals surface area contributed by atoms with E-state index in [0.29, 0.717) is 5.92 Å². The average Bonchev–Trinajstić information content (AvgIpc) is 2.54. The number of hydrazine groups is 1. The largest absolute Gasteiger partial charge is 0.342 e. The van der Waals surface area contributed by atoms with Gasteiger partial charge in [-0.3, -0.25) is 5.01 Å². The summed E-state index contributed by atoms with van der Waals surface area (Å²) in [6.07, 6.45) is 1.02. The van der Waals surface area contributed by atoms with Crippen molar-refractivity contribution in [1.29, 1.82) is 0 Å². The smallest absolute Gasteiger partial charge is 0.189 e. The Morgan fingerprint density at radius 3 is 2.44 bits per heavy atom. The maximum absolute atomic E-state index is 5.41. The van der Waals surface area contributed by atoms with Gasteiger partial charge in [0.05, 0.1) is 5.69 Å². The van der Waals surface area contributed by atoms with Crippen LogP contribution in [0.15, 0.2) is 24.3 Å². The topological polar surface area (TPSA) is 27.3 Å². The minimum Gasteiger partial charge on any atom is -0.342 e. The summed E-state index contributed by atoms with van der Waals surface area (Å²) in [5.74, 6) is 0.607. The molecule has 98 valence electrons. The average molecular weight is 263 g/mol. The van der Waals surface area contributed by atoms with E-state index >= 15 is 0 Å². The van der Waals surface area contributed by atoms with Crippen molar-refractivity contribution in [2.45, 2.75) is 39.8 Å². The van der Waals surface area contributed by atoms with Crippen LogP contribution in [0.5, 0.6) is 0 Å². The highest BCUT2D eigenvalue weighted by Gasteiger charge is 2.36. The van der Waals surface area contributed by atoms with Crippen LogP contribution in [0.3, 0.4) is 0 Å². The molecule has 1 aromatic carbocycles. The Bertz CT molecular complexity index is 441. The standard InChI is InChI=1S/C14H21N3S/c1-10(2)9-14(4)15-13(18)17(16-14)12-7-5-11(3)6-8-12/h5-8,10,16H,9H2,1-4H3,(H,15,18). The van der Waals surface area contributed by atoms with Crippen LogP contribution in [-0.4, -0.2) is 10.8 Å². The summed E-state index contributed by atoms with van der Waals surface area (Å²) in [5, 5.41) is 6.06. The summed E-state index contributed by atoms with van der Waals surface area (Å²) < 4.78 is 0. The molecule has 2 N–H and O–H groups in total. The number of hydrogen-bond acceptors (Lipinski definition) is 2. The summed E-state index contributed by atoms with van der Waals surface area (Å²) in [5.41, 5.74) is 5.63. The van der Waals surface area contributed by atoms with Crippen molar-refractivity contribution >= 4 is 23.0 Å². The second-order valence-electron chi connectivity index (χ2n) is 5.64. The highest BCUT2D eigenvalue weighted by atomic mass is 32.1. The number of thiocarbonyl (C=S) groups is 1. The van der Waals surface area contributed by atoms with Gasteiger partial charge in [0.15, 0.2) is 5.11 Å². The first-order chi connectivity index (χ1) is 8.39. The Morgan fingerprint density at radius 1 is 1.28 bits per heavy atom. The maximum Gasteiger partial charge on any atom is 0.189 e. The minimum atomic E-state index is -0.157. The predicted molar refractivity (Wildman–Crippen MR) is 80.4 cm³/mol. The molecule has 0 radical (unpaired) electrons. The van der Waals surface area contributed by atoms with Gasteiger partial charge in [0.2, 0.25) is 0 Å². The molecule has 1 unspecified atom stereocenters. The lowest BCUT2D eigenvalue weighted by Gasteiger charge is -2.27. The monoisotopic (exact) mass is 263 g/mol. The fourth-order valence-electron chi connectivity index (χ4n) is 2.41. The lowest BCUT2D eigenvalue weighted by atomic mass is 10.0. The van der Waals surface area contributed by atoms with Crippen molar-refractivity contribution in [3.63, 3.8) is 0 Å². The third kappa shape index (κ3) is 2.82. The van der Waals surface area contributed by atoms with Crippen molar-refractivity contribution in [3.8, 4) is 0 Å². The molecular weight excluding hydrogens is 242 g/mol. The van der Waals surface area contributed by atoms with Crippen LogP contribution in [0.25, 0.3) is 0 Å². The van der Waals surface area contributed by atoms with Crippen LogP contribution in [0, 0.1) is 12.8 Å². The van der Waals surface area contributed by atoms with E-state index in [1.165, 1.54) is 5.56 Å². The molecular formula is C14H21N3S. The Kier molecular flexibility index (Phi) is 3.59. The van der Waals surface area contributed by atoms with Crippen molar-refractivity contribution < 1.29 is 0 Å². The van der Waals surface area contributed by atoms with Gasteiger partial charge in [-0.2, -0.15) is 0 Å². The highest BCUT2D eigenvalue weighted by molar-refractivity contribution is 7.80. The van der Waals surface area contributed by atoms with Gasteiger partial charge in [-0.05, 0) is 50.5 Å². The summed E-state index contributed by atoms with van der Waals surface area (Å²) in [7, 11) is 0. The summed E-state index contributed by atoms with van der Waals surface area (Å²) in [6, 6.07) is 8.35. The molecule has 0 amide bonds. The number of nitrogens with zero attached hydrogens (tertiary/aromatic N) is 1. The first-order valence-corrected chi connectivity index (χ1v) is 6.77. The zero-order valence-electron chi connectivity index (χ0n) is 11.4. The van der Waals surface area contributed by atoms with E-state index in [-0.39, 0.29) is 5.66 Å². The fraction of sp³-hybridized carbons (Fsp3) is 0.500. The second kappa shape index (κ2) is 4.86. The number of hydrogen-bond donors (Lipinski definition) is 2. The lowest BCUT2D eigenvalue weighted by molar-refractivity contribution is 0.303. The Morgan fingerprint density at radius 2 is 1.89 bits per heavy atom. The van der Waals surface area contributed by atoms with Gasteiger partial charge >= 0.3 is 0 Å². The summed E-state index contributed by atoms with van der Waals surface area (Å²) in [6.45, 7) is 8.66. The molecule has 1 aliphatic rings. The van der Waals surface area contributed by atoms with E-state index in [1.54, 1.807) is 0 Å². The van der Waals surface area contributed by atoms with Gasteiger partial charge < -0.3 is 5.32 Å². The highest BCUT2D eigenvalue weighted by Crippen LogP contribution is 2.23. The predicted octanol–water partition coefficient (Wildman–Crippen LogP) is 2.96. The fourth-order valence-corrected chi connectivity index (χ4v) is 2.78. The molecule has 1 aliphatic heterocycles. The van der Waals surface area contributed by atoms with Gasteiger partial charge in [0.1, 0.15) is 5.66 Å².